The number of anilines is 1. The predicted molar refractivity (Wildman–Crippen MR) is 84.0 cm³/mol. The molecule has 0 saturated carbocycles. The monoisotopic (exact) mass is 286 g/mol. The van der Waals surface area contributed by atoms with Crippen LogP contribution in [0.2, 0.25) is 0 Å². The molecule has 0 spiro atoms. The summed E-state index contributed by atoms with van der Waals surface area (Å²) in [5, 5.41) is 3.60. The van der Waals surface area contributed by atoms with Crippen molar-refractivity contribution in [1.29, 1.82) is 0 Å². The van der Waals surface area contributed by atoms with Crippen molar-refractivity contribution in [3.8, 4) is 0 Å². The van der Waals surface area contributed by atoms with Gasteiger partial charge >= 0.3 is 0 Å². The van der Waals surface area contributed by atoms with Crippen LogP contribution < -0.4 is 5.32 Å². The Morgan fingerprint density at radius 2 is 2.00 bits per heavy atom. The van der Waals surface area contributed by atoms with Crippen LogP contribution in [0, 0.1) is 0 Å². The van der Waals surface area contributed by atoms with Crippen LogP contribution in [0.3, 0.4) is 0 Å². The third-order valence-electron chi connectivity index (χ3n) is 2.93. The minimum Gasteiger partial charge on any atom is -0.325 e. The standard InChI is InChI=1S/C16H18N2OS/c1-3-13-7-9-14(10-8-13)18-16(19)12(2)20-15-6-4-5-11-17-15/h4-12H,3H2,1-2H3,(H,18,19)/t12-/m0/s1. The van der Waals surface area contributed by atoms with E-state index in [0.717, 1.165) is 17.1 Å². The molecule has 0 saturated heterocycles. The van der Waals surface area contributed by atoms with E-state index in [1.54, 1.807) is 6.20 Å². The van der Waals surface area contributed by atoms with Crippen molar-refractivity contribution in [3.63, 3.8) is 0 Å². The minimum absolute atomic E-state index is 0.00935. The van der Waals surface area contributed by atoms with Crippen LogP contribution in [-0.2, 0) is 11.2 Å². The average molecular weight is 286 g/mol. The van der Waals surface area contributed by atoms with E-state index in [2.05, 4.69) is 17.2 Å². The number of nitrogens with one attached hydrogen (secondary N) is 1. The van der Waals surface area contributed by atoms with E-state index in [9.17, 15) is 4.79 Å². The molecule has 1 N–H and O–H groups in total. The van der Waals surface area contributed by atoms with Crippen LogP contribution in [0.15, 0.2) is 53.7 Å². The Labute approximate surface area is 123 Å². The van der Waals surface area contributed by atoms with Gasteiger partial charge in [0.1, 0.15) is 0 Å². The molecule has 104 valence electrons. The lowest BCUT2D eigenvalue weighted by Crippen LogP contribution is -2.22. The molecule has 2 aromatic rings. The number of amides is 1. The number of carbonyl (C=O) groups is 1. The summed E-state index contributed by atoms with van der Waals surface area (Å²) in [5.41, 5.74) is 2.10. The lowest BCUT2D eigenvalue weighted by Gasteiger charge is -2.11. The number of hydrogen-bond donors (Lipinski definition) is 1. The summed E-state index contributed by atoms with van der Waals surface area (Å²) < 4.78 is 0. The Morgan fingerprint density at radius 3 is 2.60 bits per heavy atom. The lowest BCUT2D eigenvalue weighted by atomic mass is 10.1. The maximum atomic E-state index is 12.1. The summed E-state index contributed by atoms with van der Waals surface area (Å²) in [4.78, 5) is 16.3. The molecule has 0 bridgehead atoms. The van der Waals surface area contributed by atoms with Gasteiger partial charge in [-0.3, -0.25) is 4.79 Å². The number of thioether (sulfide) groups is 1. The molecule has 1 aromatic carbocycles. The largest absolute Gasteiger partial charge is 0.325 e. The Morgan fingerprint density at radius 1 is 1.25 bits per heavy atom. The van der Waals surface area contributed by atoms with Gasteiger partial charge in [0.05, 0.1) is 10.3 Å². The summed E-state index contributed by atoms with van der Waals surface area (Å²) in [6.07, 6.45) is 2.73. The van der Waals surface area contributed by atoms with Gasteiger partial charge in [0.25, 0.3) is 0 Å². The highest BCUT2D eigenvalue weighted by molar-refractivity contribution is 8.00. The van der Waals surface area contributed by atoms with E-state index in [4.69, 9.17) is 0 Å². The molecule has 1 amide bonds. The molecule has 0 fully saturated rings. The van der Waals surface area contributed by atoms with Crippen LogP contribution >= 0.6 is 11.8 Å². The highest BCUT2D eigenvalue weighted by Crippen LogP contribution is 2.21. The SMILES string of the molecule is CCc1ccc(NC(=O)[C@H](C)Sc2ccccn2)cc1. The van der Waals surface area contributed by atoms with E-state index in [-0.39, 0.29) is 11.2 Å². The third-order valence-corrected chi connectivity index (χ3v) is 3.98. The fraction of sp³-hybridized carbons (Fsp3) is 0.250. The fourth-order valence-corrected chi connectivity index (χ4v) is 2.53. The van der Waals surface area contributed by atoms with Gasteiger partial charge in [-0.1, -0.05) is 36.9 Å². The smallest absolute Gasteiger partial charge is 0.237 e. The van der Waals surface area contributed by atoms with E-state index < -0.39 is 0 Å². The van der Waals surface area contributed by atoms with Gasteiger partial charge in [0.15, 0.2) is 0 Å². The van der Waals surface area contributed by atoms with Crippen molar-refractivity contribution in [1.82, 2.24) is 4.98 Å². The normalized spacial score (nSPS) is 11.9. The van der Waals surface area contributed by atoms with Gasteiger partial charge in [-0.25, -0.2) is 4.98 Å². The molecule has 3 nitrogen and oxygen atoms in total. The molecule has 0 unspecified atom stereocenters. The lowest BCUT2D eigenvalue weighted by molar-refractivity contribution is -0.115. The quantitative estimate of drug-likeness (QED) is 0.851. The number of hydrogen-bond acceptors (Lipinski definition) is 3. The Kier molecular flexibility index (Phi) is 5.18. The topological polar surface area (TPSA) is 42.0 Å². The first-order chi connectivity index (χ1) is 9.69. The first-order valence-electron chi connectivity index (χ1n) is 6.66. The number of benzene rings is 1. The van der Waals surface area contributed by atoms with Crippen LogP contribution in [0.5, 0.6) is 0 Å². The zero-order chi connectivity index (χ0) is 14.4. The maximum absolute atomic E-state index is 12.1. The van der Waals surface area contributed by atoms with E-state index in [0.29, 0.717) is 0 Å². The second-order valence-electron chi connectivity index (χ2n) is 4.47. The van der Waals surface area contributed by atoms with Crippen LogP contribution in [0.25, 0.3) is 0 Å². The van der Waals surface area contributed by atoms with Gasteiger partial charge in [-0.2, -0.15) is 0 Å². The van der Waals surface area contributed by atoms with Crippen molar-refractivity contribution in [3.05, 3.63) is 54.2 Å². The van der Waals surface area contributed by atoms with Gasteiger partial charge < -0.3 is 5.32 Å². The molecular weight excluding hydrogens is 268 g/mol. The van der Waals surface area contributed by atoms with Crippen molar-refractivity contribution in [2.24, 2.45) is 0 Å². The second kappa shape index (κ2) is 7.10. The molecular formula is C16H18N2OS. The number of rotatable bonds is 5. The number of pyridine rings is 1. The van der Waals surface area contributed by atoms with Crippen molar-refractivity contribution in [2.45, 2.75) is 30.5 Å². The molecule has 0 radical (unpaired) electrons. The summed E-state index contributed by atoms with van der Waals surface area (Å²) >= 11 is 1.46. The predicted octanol–water partition coefficient (Wildman–Crippen LogP) is 3.76. The highest BCUT2D eigenvalue weighted by atomic mass is 32.2. The van der Waals surface area contributed by atoms with Gasteiger partial charge in [0.2, 0.25) is 5.91 Å². The van der Waals surface area contributed by atoms with Crippen molar-refractivity contribution >= 4 is 23.4 Å². The molecule has 0 aliphatic rings. The molecule has 4 heteroatoms. The van der Waals surface area contributed by atoms with Gasteiger partial charge in [-0.15, -0.1) is 0 Å². The van der Waals surface area contributed by atoms with Crippen molar-refractivity contribution in [2.75, 3.05) is 5.32 Å². The number of nitrogens with zero attached hydrogens (tertiary/aromatic N) is 1. The molecule has 2 rings (SSSR count). The average Bonchev–Trinajstić information content (AvgIpc) is 2.49. The van der Waals surface area contributed by atoms with E-state index in [1.807, 2.05) is 49.4 Å². The van der Waals surface area contributed by atoms with Gasteiger partial charge in [-0.05, 0) is 43.2 Å². The minimum atomic E-state index is -0.184. The van der Waals surface area contributed by atoms with Crippen LogP contribution in [0.1, 0.15) is 19.4 Å². The number of carbonyl (C=O) groups excluding carboxylic acids is 1. The Bertz CT molecular complexity index is 554. The molecule has 1 atom stereocenters. The molecule has 20 heavy (non-hydrogen) atoms. The first-order valence-corrected chi connectivity index (χ1v) is 7.54. The molecule has 0 aliphatic carbocycles. The maximum Gasteiger partial charge on any atom is 0.237 e. The molecule has 0 aliphatic heterocycles. The third kappa shape index (κ3) is 4.10. The summed E-state index contributed by atoms with van der Waals surface area (Å²) in [6, 6.07) is 13.6. The summed E-state index contributed by atoms with van der Waals surface area (Å²) in [7, 11) is 0. The fourth-order valence-electron chi connectivity index (χ4n) is 1.72. The second-order valence-corrected chi connectivity index (χ2v) is 5.83. The number of aryl methyl sites for hydroxylation is 1. The number of aromatic nitrogens is 1. The van der Waals surface area contributed by atoms with Gasteiger partial charge in [0, 0.05) is 11.9 Å². The van der Waals surface area contributed by atoms with E-state index in [1.165, 1.54) is 17.3 Å². The highest BCUT2D eigenvalue weighted by Gasteiger charge is 2.14. The zero-order valence-electron chi connectivity index (χ0n) is 11.7. The van der Waals surface area contributed by atoms with Crippen LogP contribution in [-0.4, -0.2) is 16.1 Å². The molecule has 1 aromatic heterocycles. The first kappa shape index (κ1) is 14.6. The Hall–Kier alpha value is -1.81. The molecule has 1 heterocycles. The van der Waals surface area contributed by atoms with Crippen molar-refractivity contribution < 1.29 is 4.79 Å². The van der Waals surface area contributed by atoms with Crippen LogP contribution in [0.4, 0.5) is 5.69 Å². The zero-order valence-corrected chi connectivity index (χ0v) is 12.5. The summed E-state index contributed by atoms with van der Waals surface area (Å²) in [6.45, 7) is 3.99. The summed E-state index contributed by atoms with van der Waals surface area (Å²) in [5.74, 6) is -0.00935. The van der Waals surface area contributed by atoms with E-state index >= 15 is 0 Å². The Balaban J connectivity index is 1.93.